The zero-order chi connectivity index (χ0) is 20.2. The Morgan fingerprint density at radius 1 is 1.28 bits per heavy atom. The van der Waals surface area contributed by atoms with Crippen molar-refractivity contribution in [3.63, 3.8) is 0 Å². The average molecular weight is 393 g/mol. The Kier molecular flexibility index (Phi) is 5.35. The Hall–Kier alpha value is -3.52. The minimum Gasteiger partial charge on any atom is -0.506 e. The van der Waals surface area contributed by atoms with Gasteiger partial charge in [0.05, 0.1) is 28.8 Å². The van der Waals surface area contributed by atoms with Crippen molar-refractivity contribution < 1.29 is 14.6 Å². The number of hydrogen-bond donors (Lipinski definition) is 5. The van der Waals surface area contributed by atoms with Crippen LogP contribution >= 0.6 is 0 Å². The third-order valence-electron chi connectivity index (χ3n) is 4.79. The first-order chi connectivity index (χ1) is 14.2. The molecule has 1 aliphatic heterocycles. The molecular formula is C21H23N5O3. The zero-order valence-electron chi connectivity index (χ0n) is 16.1. The predicted octanol–water partition coefficient (Wildman–Crippen LogP) is 2.41. The number of nitrogens with one attached hydrogen (secondary N) is 4. The normalized spacial score (nSPS) is 12.9. The van der Waals surface area contributed by atoms with Gasteiger partial charge in [0.25, 0.3) is 5.91 Å². The molecule has 1 aromatic carbocycles. The number of fused-ring (bicyclic) bond motifs is 1. The Bertz CT molecular complexity index is 1030. The van der Waals surface area contributed by atoms with Gasteiger partial charge in [-0.05, 0) is 25.2 Å². The summed E-state index contributed by atoms with van der Waals surface area (Å²) in [6.07, 6.45) is 4.04. The lowest BCUT2D eigenvalue weighted by Crippen LogP contribution is -2.31. The quantitative estimate of drug-likeness (QED) is 0.311. The van der Waals surface area contributed by atoms with E-state index in [0.29, 0.717) is 48.8 Å². The lowest BCUT2D eigenvalue weighted by molar-refractivity contribution is 0.0947. The summed E-state index contributed by atoms with van der Waals surface area (Å²) in [6, 6.07) is 8.77. The number of H-pyrrole nitrogens is 1. The van der Waals surface area contributed by atoms with Crippen molar-refractivity contribution in [2.24, 2.45) is 0 Å². The summed E-state index contributed by atoms with van der Waals surface area (Å²) in [5.41, 5.74) is 4.02. The molecule has 0 bridgehead atoms. The van der Waals surface area contributed by atoms with Crippen LogP contribution in [-0.2, 0) is 6.42 Å². The molecule has 1 amide bonds. The number of aromatic amines is 1. The van der Waals surface area contributed by atoms with Gasteiger partial charge in [0.2, 0.25) is 0 Å². The first-order valence-electron chi connectivity index (χ1n) is 9.49. The lowest BCUT2D eigenvalue weighted by Gasteiger charge is -2.16. The Morgan fingerprint density at radius 2 is 2.14 bits per heavy atom. The van der Waals surface area contributed by atoms with Crippen molar-refractivity contribution in [3.05, 3.63) is 54.0 Å². The van der Waals surface area contributed by atoms with Crippen LogP contribution in [-0.4, -0.2) is 47.7 Å². The molecule has 0 atom stereocenters. The Morgan fingerprint density at radius 3 is 2.97 bits per heavy atom. The van der Waals surface area contributed by atoms with Crippen LogP contribution in [0.25, 0.3) is 11.3 Å². The maximum absolute atomic E-state index is 12.6. The summed E-state index contributed by atoms with van der Waals surface area (Å²) in [6.45, 7) is 1.75. The molecule has 0 aliphatic carbocycles. The van der Waals surface area contributed by atoms with Crippen LogP contribution in [0, 0.1) is 0 Å². The van der Waals surface area contributed by atoms with E-state index in [1.54, 1.807) is 30.6 Å². The van der Waals surface area contributed by atoms with Gasteiger partial charge in [-0.3, -0.25) is 9.78 Å². The fraction of sp³-hybridized carbons (Fsp3) is 0.238. The van der Waals surface area contributed by atoms with Crippen molar-refractivity contribution in [3.8, 4) is 22.8 Å². The number of ether oxygens (including phenoxy) is 1. The molecule has 0 radical (unpaired) electrons. The number of carbonyl (C=O) groups excluding carboxylic acids is 1. The molecule has 0 unspecified atom stereocenters. The van der Waals surface area contributed by atoms with Gasteiger partial charge in [-0.15, -0.1) is 0 Å². The SMILES string of the molecule is CNCCOc1cnccc1-c1[nH]c2c(c1Nc1ccccc1O)C(=O)NCC2. The molecule has 8 nitrogen and oxygen atoms in total. The molecule has 2 aromatic heterocycles. The van der Waals surface area contributed by atoms with E-state index in [9.17, 15) is 9.90 Å². The number of pyridine rings is 1. The smallest absolute Gasteiger partial charge is 0.255 e. The highest BCUT2D eigenvalue weighted by molar-refractivity contribution is 6.06. The van der Waals surface area contributed by atoms with Crippen LogP contribution < -0.4 is 20.7 Å². The molecule has 3 aromatic rings. The largest absolute Gasteiger partial charge is 0.506 e. The molecule has 0 fully saturated rings. The molecular weight excluding hydrogens is 370 g/mol. The topological polar surface area (TPSA) is 111 Å². The number of rotatable bonds is 7. The van der Waals surface area contributed by atoms with Crippen LogP contribution in [0.5, 0.6) is 11.5 Å². The van der Waals surface area contributed by atoms with E-state index in [0.717, 1.165) is 17.0 Å². The van der Waals surface area contributed by atoms with Crippen molar-refractivity contribution in [1.29, 1.82) is 0 Å². The van der Waals surface area contributed by atoms with Gasteiger partial charge in [0.15, 0.2) is 0 Å². The maximum Gasteiger partial charge on any atom is 0.255 e. The monoisotopic (exact) mass is 393 g/mol. The molecule has 8 heteroatoms. The van der Waals surface area contributed by atoms with Crippen molar-refractivity contribution >= 4 is 17.3 Å². The minimum atomic E-state index is -0.154. The molecule has 0 saturated heterocycles. The molecule has 0 spiro atoms. The number of benzene rings is 1. The summed E-state index contributed by atoms with van der Waals surface area (Å²) >= 11 is 0. The van der Waals surface area contributed by atoms with Crippen LogP contribution in [0.1, 0.15) is 16.1 Å². The van der Waals surface area contributed by atoms with Crippen molar-refractivity contribution in [1.82, 2.24) is 20.6 Å². The highest BCUT2D eigenvalue weighted by Crippen LogP contribution is 2.41. The van der Waals surface area contributed by atoms with Gasteiger partial charge in [-0.25, -0.2) is 0 Å². The van der Waals surface area contributed by atoms with Gasteiger partial charge in [-0.1, -0.05) is 12.1 Å². The second-order valence-corrected chi connectivity index (χ2v) is 6.70. The van der Waals surface area contributed by atoms with Crippen LogP contribution in [0.15, 0.2) is 42.7 Å². The first-order valence-corrected chi connectivity index (χ1v) is 9.49. The van der Waals surface area contributed by atoms with Gasteiger partial charge < -0.3 is 30.8 Å². The van der Waals surface area contributed by atoms with Crippen molar-refractivity contribution in [2.75, 3.05) is 32.1 Å². The number of nitrogens with zero attached hydrogens (tertiary/aromatic N) is 1. The molecule has 1 aliphatic rings. The van der Waals surface area contributed by atoms with E-state index in [2.05, 4.69) is 25.9 Å². The molecule has 4 rings (SSSR count). The predicted molar refractivity (Wildman–Crippen MR) is 111 cm³/mol. The lowest BCUT2D eigenvalue weighted by atomic mass is 10.0. The average Bonchev–Trinajstić information content (AvgIpc) is 3.10. The molecule has 3 heterocycles. The molecule has 5 N–H and O–H groups in total. The van der Waals surface area contributed by atoms with E-state index < -0.39 is 0 Å². The van der Waals surface area contributed by atoms with Gasteiger partial charge in [0, 0.05) is 37.0 Å². The number of hydrogen-bond acceptors (Lipinski definition) is 6. The molecule has 29 heavy (non-hydrogen) atoms. The van der Waals surface area contributed by atoms with Gasteiger partial charge >= 0.3 is 0 Å². The number of aromatic hydroxyl groups is 1. The number of likely N-dealkylation sites (N-methyl/N-ethyl adjacent to an activating group) is 1. The van der Waals surface area contributed by atoms with Gasteiger partial charge in [0.1, 0.15) is 18.1 Å². The number of phenols is 1. The number of aromatic nitrogens is 2. The number of amides is 1. The number of phenolic OH excluding ortho intramolecular Hbond substituents is 1. The standard InChI is InChI=1S/C21H23N5O3/c1-22-10-11-29-17-12-23-8-6-13(17)19-20(25-14-4-2-3-5-16(14)27)18-15(26-19)7-9-24-21(18)28/h2-6,8,12,22,25-27H,7,9-11H2,1H3,(H,24,28). The number of anilines is 2. The fourth-order valence-electron chi connectivity index (χ4n) is 3.38. The van der Waals surface area contributed by atoms with E-state index in [4.69, 9.17) is 4.74 Å². The van der Waals surface area contributed by atoms with Crippen LogP contribution in [0.3, 0.4) is 0 Å². The third kappa shape index (κ3) is 3.74. The van der Waals surface area contributed by atoms with Crippen LogP contribution in [0.4, 0.5) is 11.4 Å². The fourth-order valence-corrected chi connectivity index (χ4v) is 3.38. The summed E-state index contributed by atoms with van der Waals surface area (Å²) < 4.78 is 5.90. The number of carbonyl (C=O) groups is 1. The number of para-hydroxylation sites is 2. The summed E-state index contributed by atoms with van der Waals surface area (Å²) in [5.74, 6) is 0.560. The Labute approximate surface area is 168 Å². The maximum atomic E-state index is 12.6. The summed E-state index contributed by atoms with van der Waals surface area (Å²) in [5, 5.41) is 19.4. The second-order valence-electron chi connectivity index (χ2n) is 6.70. The highest BCUT2D eigenvalue weighted by atomic mass is 16.5. The Balaban J connectivity index is 1.82. The zero-order valence-corrected chi connectivity index (χ0v) is 16.1. The van der Waals surface area contributed by atoms with E-state index in [1.807, 2.05) is 19.2 Å². The van der Waals surface area contributed by atoms with E-state index in [-0.39, 0.29) is 11.7 Å². The minimum absolute atomic E-state index is 0.102. The second kappa shape index (κ2) is 8.24. The highest BCUT2D eigenvalue weighted by Gasteiger charge is 2.28. The third-order valence-corrected chi connectivity index (χ3v) is 4.79. The summed E-state index contributed by atoms with van der Waals surface area (Å²) in [7, 11) is 1.86. The van der Waals surface area contributed by atoms with Crippen LogP contribution in [0.2, 0.25) is 0 Å². The molecule has 150 valence electrons. The first kappa shape index (κ1) is 18.8. The molecule has 0 saturated carbocycles. The van der Waals surface area contributed by atoms with Crippen molar-refractivity contribution in [2.45, 2.75) is 6.42 Å². The summed E-state index contributed by atoms with van der Waals surface area (Å²) in [4.78, 5) is 20.2. The van der Waals surface area contributed by atoms with Gasteiger partial charge in [-0.2, -0.15) is 0 Å². The van der Waals surface area contributed by atoms with E-state index >= 15 is 0 Å². The van der Waals surface area contributed by atoms with E-state index in [1.165, 1.54) is 0 Å².